The summed E-state index contributed by atoms with van der Waals surface area (Å²) in [5.74, 6) is 0. The highest BCUT2D eigenvalue weighted by Crippen LogP contribution is 2.64. The van der Waals surface area contributed by atoms with Crippen molar-refractivity contribution in [2.75, 3.05) is 10.2 Å². The number of fused-ring (bicyclic) bond motifs is 5. The summed E-state index contributed by atoms with van der Waals surface area (Å²) >= 11 is 0. The maximum atomic E-state index is 3.92. The summed E-state index contributed by atoms with van der Waals surface area (Å²) in [7, 11) is 0. The molecule has 2 atom stereocenters. The molecule has 0 aliphatic carbocycles. The number of anilines is 3. The van der Waals surface area contributed by atoms with Crippen molar-refractivity contribution in [1.82, 2.24) is 0 Å². The van der Waals surface area contributed by atoms with Crippen molar-refractivity contribution in [2.24, 2.45) is 0 Å². The summed E-state index contributed by atoms with van der Waals surface area (Å²) in [6.45, 7) is 18.7. The number of benzene rings is 3. The van der Waals surface area contributed by atoms with Gasteiger partial charge in [-0.3, -0.25) is 0 Å². The van der Waals surface area contributed by atoms with Crippen molar-refractivity contribution in [3.8, 4) is 0 Å². The molecule has 3 aromatic carbocycles. The van der Waals surface area contributed by atoms with E-state index in [1.54, 1.807) is 0 Å². The number of para-hydroxylation sites is 2. The smallest absolute Gasteiger partial charge is 0.0963 e. The molecule has 2 nitrogen and oxygen atoms in total. The van der Waals surface area contributed by atoms with Crippen LogP contribution in [0.2, 0.25) is 0 Å². The Hall–Kier alpha value is -2.74. The molecule has 0 bridgehead atoms. The normalized spacial score (nSPS) is 24.1. The largest absolute Gasteiger partial charge is 0.373 e. The summed E-state index contributed by atoms with van der Waals surface area (Å²) in [5.41, 5.74) is 8.99. The Kier molecular flexibility index (Phi) is 4.23. The van der Waals surface area contributed by atoms with E-state index in [4.69, 9.17) is 0 Å². The van der Waals surface area contributed by atoms with Gasteiger partial charge in [-0.05, 0) is 60.1 Å². The number of nitrogens with zero attached hydrogens (tertiary/aromatic N) is 1. The lowest BCUT2D eigenvalue weighted by atomic mass is 9.75. The van der Waals surface area contributed by atoms with Crippen molar-refractivity contribution >= 4 is 17.1 Å². The number of nitrogens with one attached hydrogen (secondary N) is 1. The molecule has 1 N–H and O–H groups in total. The van der Waals surface area contributed by atoms with Crippen LogP contribution in [-0.2, 0) is 21.9 Å². The van der Waals surface area contributed by atoms with E-state index in [0.29, 0.717) is 0 Å². The first-order chi connectivity index (χ1) is 14.9. The molecule has 0 saturated heterocycles. The highest BCUT2D eigenvalue weighted by molar-refractivity contribution is 5.84. The van der Waals surface area contributed by atoms with Gasteiger partial charge in [0.05, 0.1) is 11.1 Å². The predicted octanol–water partition coefficient (Wildman–Crippen LogP) is 7.99. The first kappa shape index (κ1) is 21.1. The standard InChI is InChI=1S/C30H36N2/c1-27(2,3)20-17-21(28(4,5)6)19-22(18-20)32-26-16-12-10-14-24(26)29(7)30(32,8)23-13-9-11-15-25(23)31-29/h9-19,31H,1-8H3. The zero-order valence-corrected chi connectivity index (χ0v) is 20.8. The highest BCUT2D eigenvalue weighted by atomic mass is 15.3. The van der Waals surface area contributed by atoms with Crippen LogP contribution in [0, 0.1) is 0 Å². The first-order valence-electron chi connectivity index (χ1n) is 11.8. The maximum Gasteiger partial charge on any atom is 0.0963 e. The highest BCUT2D eigenvalue weighted by Gasteiger charge is 2.62. The monoisotopic (exact) mass is 424 g/mol. The van der Waals surface area contributed by atoms with Crippen LogP contribution in [0.3, 0.4) is 0 Å². The second-order valence-electron chi connectivity index (χ2n) is 12.0. The molecule has 2 heteroatoms. The molecule has 0 radical (unpaired) electrons. The third kappa shape index (κ3) is 2.71. The molecule has 2 unspecified atom stereocenters. The Balaban J connectivity index is 1.83. The second-order valence-corrected chi connectivity index (χ2v) is 12.0. The van der Waals surface area contributed by atoms with Crippen LogP contribution in [0.4, 0.5) is 17.1 Å². The van der Waals surface area contributed by atoms with Gasteiger partial charge in [-0.1, -0.05) is 84.0 Å². The van der Waals surface area contributed by atoms with Crippen LogP contribution >= 0.6 is 0 Å². The van der Waals surface area contributed by atoms with Crippen molar-refractivity contribution in [1.29, 1.82) is 0 Å². The van der Waals surface area contributed by atoms with Crippen LogP contribution in [0.1, 0.15) is 77.6 Å². The van der Waals surface area contributed by atoms with Gasteiger partial charge >= 0.3 is 0 Å². The topological polar surface area (TPSA) is 15.3 Å². The minimum absolute atomic E-state index is 0.0747. The maximum absolute atomic E-state index is 3.92. The lowest BCUT2D eigenvalue weighted by Gasteiger charge is -2.43. The Morgan fingerprint density at radius 2 is 1.22 bits per heavy atom. The number of hydrogen-bond acceptors (Lipinski definition) is 2. The van der Waals surface area contributed by atoms with Crippen LogP contribution in [-0.4, -0.2) is 0 Å². The van der Waals surface area contributed by atoms with Crippen molar-refractivity contribution in [3.05, 3.63) is 89.0 Å². The number of rotatable bonds is 1. The summed E-state index contributed by atoms with van der Waals surface area (Å²) in [6.07, 6.45) is 0. The van der Waals surface area contributed by atoms with Gasteiger partial charge in [-0.2, -0.15) is 0 Å². The predicted molar refractivity (Wildman–Crippen MR) is 137 cm³/mol. The van der Waals surface area contributed by atoms with Crippen molar-refractivity contribution < 1.29 is 0 Å². The van der Waals surface area contributed by atoms with Crippen molar-refractivity contribution in [2.45, 2.75) is 77.3 Å². The summed E-state index contributed by atoms with van der Waals surface area (Å²) in [5, 5.41) is 3.92. The molecule has 0 amide bonds. The third-order valence-electron chi connectivity index (χ3n) is 7.85. The van der Waals surface area contributed by atoms with E-state index in [9.17, 15) is 0 Å². The van der Waals surface area contributed by atoms with E-state index in [1.165, 1.54) is 39.3 Å². The fourth-order valence-corrected chi connectivity index (χ4v) is 5.69. The van der Waals surface area contributed by atoms with Crippen LogP contribution in [0.5, 0.6) is 0 Å². The van der Waals surface area contributed by atoms with Crippen LogP contribution < -0.4 is 10.2 Å². The van der Waals surface area contributed by atoms with Gasteiger partial charge in [0.15, 0.2) is 0 Å². The van der Waals surface area contributed by atoms with Gasteiger partial charge in [-0.25, -0.2) is 0 Å². The van der Waals surface area contributed by atoms with Gasteiger partial charge in [0.1, 0.15) is 0 Å². The molecule has 5 rings (SSSR count). The van der Waals surface area contributed by atoms with Gasteiger partial charge < -0.3 is 10.2 Å². The molecule has 2 aliphatic heterocycles. The Bertz CT molecular complexity index is 1180. The van der Waals surface area contributed by atoms with E-state index in [1.807, 2.05) is 0 Å². The van der Waals surface area contributed by atoms with E-state index in [-0.39, 0.29) is 21.9 Å². The zero-order chi connectivity index (χ0) is 23.1. The average Bonchev–Trinajstić information content (AvgIpc) is 3.06. The summed E-state index contributed by atoms with van der Waals surface area (Å²) in [6, 6.07) is 25.0. The quantitative estimate of drug-likeness (QED) is 0.426. The Morgan fingerprint density at radius 1 is 0.688 bits per heavy atom. The molecule has 2 aliphatic rings. The van der Waals surface area contributed by atoms with Crippen molar-refractivity contribution in [3.63, 3.8) is 0 Å². The lowest BCUT2D eigenvalue weighted by Crippen LogP contribution is -2.49. The third-order valence-corrected chi connectivity index (χ3v) is 7.85. The molecular formula is C30H36N2. The Morgan fingerprint density at radius 3 is 1.81 bits per heavy atom. The molecule has 0 aromatic heterocycles. The molecule has 0 fully saturated rings. The molecule has 32 heavy (non-hydrogen) atoms. The van der Waals surface area contributed by atoms with Crippen LogP contribution in [0.15, 0.2) is 66.7 Å². The molecule has 166 valence electrons. The fraction of sp³-hybridized carbons (Fsp3) is 0.400. The van der Waals surface area contributed by atoms with Gasteiger partial charge in [0, 0.05) is 28.2 Å². The summed E-state index contributed by atoms with van der Waals surface area (Å²) in [4.78, 5) is 2.60. The molecule has 0 spiro atoms. The zero-order valence-electron chi connectivity index (χ0n) is 20.8. The first-order valence-corrected chi connectivity index (χ1v) is 11.8. The van der Waals surface area contributed by atoms with Gasteiger partial charge in [-0.15, -0.1) is 0 Å². The van der Waals surface area contributed by atoms with Crippen LogP contribution in [0.25, 0.3) is 0 Å². The van der Waals surface area contributed by atoms with Gasteiger partial charge in [0.2, 0.25) is 0 Å². The average molecular weight is 425 g/mol. The second kappa shape index (κ2) is 6.41. The number of hydrogen-bond donors (Lipinski definition) is 1. The van der Waals surface area contributed by atoms with E-state index in [2.05, 4.69) is 132 Å². The minimum Gasteiger partial charge on any atom is -0.373 e. The van der Waals surface area contributed by atoms with E-state index < -0.39 is 0 Å². The minimum atomic E-state index is -0.237. The fourth-order valence-electron chi connectivity index (χ4n) is 5.69. The van der Waals surface area contributed by atoms with E-state index >= 15 is 0 Å². The SMILES string of the molecule is CC(C)(C)c1cc(N2c3ccccc3C3(C)Nc4ccccc4C23C)cc(C(C)(C)C)c1. The lowest BCUT2D eigenvalue weighted by molar-refractivity contribution is 0.344. The van der Waals surface area contributed by atoms with Gasteiger partial charge in [0.25, 0.3) is 0 Å². The van der Waals surface area contributed by atoms with E-state index in [0.717, 1.165) is 0 Å². The molecule has 0 saturated carbocycles. The molecule has 2 heterocycles. The molecular weight excluding hydrogens is 388 g/mol. The Labute approximate surface area is 193 Å². The summed E-state index contributed by atoms with van der Waals surface area (Å²) < 4.78 is 0. The molecule has 3 aromatic rings.